The van der Waals surface area contributed by atoms with Crippen molar-refractivity contribution >= 4 is 22.8 Å². The lowest BCUT2D eigenvalue weighted by Gasteiger charge is -2.27. The van der Waals surface area contributed by atoms with E-state index in [9.17, 15) is 22.0 Å². The molecule has 5 heterocycles. The SMILES string of the molecule is FC(F)Cn1ncc2ncc(N3CC[C@@H]4[C@H]3CCN4c3cccc(C(F)(F)F)n3)nc21. The van der Waals surface area contributed by atoms with Crippen LogP contribution >= 0.6 is 0 Å². The lowest BCUT2D eigenvalue weighted by molar-refractivity contribution is -0.141. The highest BCUT2D eigenvalue weighted by Gasteiger charge is 2.44. The summed E-state index contributed by atoms with van der Waals surface area (Å²) in [7, 11) is 0. The largest absolute Gasteiger partial charge is 0.433 e. The molecular weight excluding hydrogens is 421 g/mol. The Bertz CT molecular complexity index is 1100. The number of alkyl halides is 5. The number of pyridine rings is 1. The Morgan fingerprint density at radius 3 is 2.35 bits per heavy atom. The third-order valence-corrected chi connectivity index (χ3v) is 5.83. The summed E-state index contributed by atoms with van der Waals surface area (Å²) < 4.78 is 65.9. The molecule has 2 atom stereocenters. The lowest BCUT2D eigenvalue weighted by atomic mass is 10.1. The van der Waals surface area contributed by atoms with Crippen molar-refractivity contribution in [3.63, 3.8) is 0 Å². The van der Waals surface area contributed by atoms with Crippen LogP contribution in [0.2, 0.25) is 0 Å². The Morgan fingerprint density at radius 1 is 0.968 bits per heavy atom. The summed E-state index contributed by atoms with van der Waals surface area (Å²) in [5, 5.41) is 3.93. The van der Waals surface area contributed by atoms with E-state index in [2.05, 4.69) is 20.1 Å². The third-order valence-electron chi connectivity index (χ3n) is 5.83. The number of halogens is 5. The van der Waals surface area contributed by atoms with Crippen molar-refractivity contribution in [3.05, 3.63) is 36.3 Å². The average molecular weight is 439 g/mol. The maximum atomic E-state index is 13.1. The number of fused-ring (bicyclic) bond motifs is 2. The fourth-order valence-electron chi connectivity index (χ4n) is 4.54. The van der Waals surface area contributed by atoms with E-state index in [0.29, 0.717) is 30.2 Å². The standard InChI is InChI=1S/C19H18F5N7/c20-15(21)10-31-18-11(8-26-31)25-9-17(28-18)30-7-5-12-13(30)4-6-29(12)16-3-1-2-14(27-16)19(22,23)24/h1-3,8-9,12-13,15H,4-7,10H2/t12-,13-/m1/s1. The summed E-state index contributed by atoms with van der Waals surface area (Å²) in [6, 6.07) is 3.93. The number of hydrogen-bond donors (Lipinski definition) is 0. The monoisotopic (exact) mass is 439 g/mol. The predicted octanol–water partition coefficient (Wildman–Crippen LogP) is 3.36. The van der Waals surface area contributed by atoms with E-state index in [1.54, 1.807) is 12.3 Å². The van der Waals surface area contributed by atoms with Crippen LogP contribution < -0.4 is 9.80 Å². The molecule has 0 bridgehead atoms. The van der Waals surface area contributed by atoms with Gasteiger partial charge in [0, 0.05) is 13.1 Å². The van der Waals surface area contributed by atoms with E-state index in [0.717, 1.165) is 23.6 Å². The van der Waals surface area contributed by atoms with Crippen molar-refractivity contribution in [1.82, 2.24) is 24.7 Å². The van der Waals surface area contributed by atoms with Crippen LogP contribution in [0.3, 0.4) is 0 Å². The van der Waals surface area contributed by atoms with Crippen LogP contribution in [0.25, 0.3) is 11.2 Å². The minimum absolute atomic E-state index is 0.0144. The van der Waals surface area contributed by atoms with Gasteiger partial charge in [-0.25, -0.2) is 28.4 Å². The summed E-state index contributed by atoms with van der Waals surface area (Å²) in [6.45, 7) is 0.635. The molecule has 5 rings (SSSR count). The molecule has 12 heteroatoms. The predicted molar refractivity (Wildman–Crippen MR) is 102 cm³/mol. The van der Waals surface area contributed by atoms with Crippen molar-refractivity contribution < 1.29 is 22.0 Å². The second-order valence-electron chi connectivity index (χ2n) is 7.63. The zero-order valence-corrected chi connectivity index (χ0v) is 16.2. The van der Waals surface area contributed by atoms with Crippen molar-refractivity contribution in [2.45, 2.75) is 44.1 Å². The van der Waals surface area contributed by atoms with E-state index in [-0.39, 0.29) is 17.7 Å². The van der Waals surface area contributed by atoms with Gasteiger partial charge in [0.25, 0.3) is 6.43 Å². The normalized spacial score (nSPS) is 21.5. The summed E-state index contributed by atoms with van der Waals surface area (Å²) >= 11 is 0. The van der Waals surface area contributed by atoms with E-state index in [1.807, 2.05) is 9.80 Å². The molecule has 0 aliphatic carbocycles. The van der Waals surface area contributed by atoms with Gasteiger partial charge in [-0.3, -0.25) is 0 Å². The maximum Gasteiger partial charge on any atom is 0.433 e. The number of anilines is 2. The lowest BCUT2D eigenvalue weighted by Crippen LogP contribution is -2.37. The van der Waals surface area contributed by atoms with Gasteiger partial charge in [-0.1, -0.05) is 6.07 Å². The van der Waals surface area contributed by atoms with Gasteiger partial charge in [-0.15, -0.1) is 0 Å². The van der Waals surface area contributed by atoms with Crippen LogP contribution in [0.5, 0.6) is 0 Å². The summed E-state index contributed by atoms with van der Waals surface area (Å²) in [5.41, 5.74) is -0.191. The molecule has 3 aromatic heterocycles. The van der Waals surface area contributed by atoms with Crippen molar-refractivity contribution in [2.75, 3.05) is 22.9 Å². The molecule has 31 heavy (non-hydrogen) atoms. The smallest absolute Gasteiger partial charge is 0.351 e. The third kappa shape index (κ3) is 3.53. The van der Waals surface area contributed by atoms with Gasteiger partial charge in [0.15, 0.2) is 5.65 Å². The van der Waals surface area contributed by atoms with Crippen LogP contribution in [0.15, 0.2) is 30.6 Å². The van der Waals surface area contributed by atoms with Crippen LogP contribution in [0.4, 0.5) is 33.6 Å². The molecule has 2 saturated heterocycles. The number of rotatable bonds is 4. The van der Waals surface area contributed by atoms with Gasteiger partial charge in [0.05, 0.1) is 24.5 Å². The zero-order chi connectivity index (χ0) is 21.8. The second kappa shape index (κ2) is 7.27. The topological polar surface area (TPSA) is 63.0 Å². The molecule has 7 nitrogen and oxygen atoms in total. The zero-order valence-electron chi connectivity index (χ0n) is 16.2. The molecule has 0 spiro atoms. The van der Waals surface area contributed by atoms with Gasteiger partial charge in [-0.05, 0) is 25.0 Å². The van der Waals surface area contributed by atoms with Gasteiger partial charge in [0.2, 0.25) is 0 Å². The molecule has 3 aromatic rings. The molecule has 2 aliphatic rings. The quantitative estimate of drug-likeness (QED) is 0.581. The summed E-state index contributed by atoms with van der Waals surface area (Å²) in [6.07, 6.45) is -2.63. The Hall–Kier alpha value is -3.05. The van der Waals surface area contributed by atoms with Gasteiger partial charge < -0.3 is 9.80 Å². The number of aromatic nitrogens is 5. The highest BCUT2D eigenvalue weighted by molar-refractivity contribution is 5.71. The van der Waals surface area contributed by atoms with Crippen LogP contribution in [-0.4, -0.2) is 56.3 Å². The Balaban J connectivity index is 1.40. The van der Waals surface area contributed by atoms with Gasteiger partial charge in [0.1, 0.15) is 29.4 Å². The molecule has 2 fully saturated rings. The van der Waals surface area contributed by atoms with Crippen molar-refractivity contribution in [2.24, 2.45) is 0 Å². The second-order valence-corrected chi connectivity index (χ2v) is 7.63. The van der Waals surface area contributed by atoms with Crippen molar-refractivity contribution in [3.8, 4) is 0 Å². The Kier molecular flexibility index (Phi) is 4.67. The molecule has 0 saturated carbocycles. The van der Waals surface area contributed by atoms with E-state index in [4.69, 9.17) is 0 Å². The molecule has 0 radical (unpaired) electrons. The molecule has 0 unspecified atom stereocenters. The average Bonchev–Trinajstić information content (AvgIpc) is 3.42. The van der Waals surface area contributed by atoms with E-state index in [1.165, 1.54) is 12.3 Å². The van der Waals surface area contributed by atoms with Gasteiger partial charge in [-0.2, -0.15) is 18.3 Å². The highest BCUT2D eigenvalue weighted by Crippen LogP contribution is 2.37. The molecular formula is C19H18F5N7. The Morgan fingerprint density at radius 2 is 1.68 bits per heavy atom. The first-order valence-electron chi connectivity index (χ1n) is 9.85. The van der Waals surface area contributed by atoms with Crippen LogP contribution in [0, 0.1) is 0 Å². The summed E-state index contributed by atoms with van der Waals surface area (Å²) in [5.74, 6) is 0.857. The molecule has 164 valence electrons. The minimum Gasteiger partial charge on any atom is -0.351 e. The van der Waals surface area contributed by atoms with Gasteiger partial charge >= 0.3 is 6.18 Å². The first-order valence-corrected chi connectivity index (χ1v) is 9.85. The first-order chi connectivity index (χ1) is 14.8. The Labute approximate surface area is 173 Å². The van der Waals surface area contributed by atoms with E-state index < -0.39 is 24.8 Å². The van der Waals surface area contributed by atoms with Crippen molar-refractivity contribution in [1.29, 1.82) is 0 Å². The molecule has 0 amide bonds. The highest BCUT2D eigenvalue weighted by atomic mass is 19.4. The molecule has 0 aromatic carbocycles. The first kappa shape index (κ1) is 19.9. The number of nitrogens with zero attached hydrogens (tertiary/aromatic N) is 7. The van der Waals surface area contributed by atoms with Crippen LogP contribution in [-0.2, 0) is 12.7 Å². The minimum atomic E-state index is -4.50. The summed E-state index contributed by atoms with van der Waals surface area (Å²) in [4.78, 5) is 16.6. The van der Waals surface area contributed by atoms with Crippen LogP contribution in [0.1, 0.15) is 18.5 Å². The number of hydrogen-bond acceptors (Lipinski definition) is 6. The molecule has 0 N–H and O–H groups in total. The van der Waals surface area contributed by atoms with E-state index >= 15 is 0 Å². The fourth-order valence-corrected chi connectivity index (χ4v) is 4.54. The molecule has 2 aliphatic heterocycles. The maximum absolute atomic E-state index is 13.1. The fraction of sp³-hybridized carbons (Fsp3) is 0.474.